The van der Waals surface area contributed by atoms with Gasteiger partial charge in [-0.05, 0) is 39.2 Å². The van der Waals surface area contributed by atoms with E-state index in [0.29, 0.717) is 19.6 Å². The van der Waals surface area contributed by atoms with Crippen molar-refractivity contribution in [3.63, 3.8) is 0 Å². The number of ether oxygens (including phenoxy) is 2. The van der Waals surface area contributed by atoms with Gasteiger partial charge in [-0.1, -0.05) is 44.2 Å². The summed E-state index contributed by atoms with van der Waals surface area (Å²) in [6, 6.07) is 10.2. The number of rotatable bonds is 9. The Morgan fingerprint density at radius 2 is 1.77 bits per heavy atom. The van der Waals surface area contributed by atoms with E-state index in [4.69, 9.17) is 9.47 Å². The van der Waals surface area contributed by atoms with Gasteiger partial charge >= 0.3 is 0 Å². The average Bonchev–Trinajstić information content (AvgIpc) is 2.46. The molecule has 1 rings (SSSR count). The van der Waals surface area contributed by atoms with E-state index in [1.807, 2.05) is 25.1 Å². The zero-order valence-corrected chi connectivity index (χ0v) is 14.7. The van der Waals surface area contributed by atoms with Crippen LogP contribution in [-0.4, -0.2) is 29.5 Å². The third kappa shape index (κ3) is 7.92. The van der Waals surface area contributed by atoms with Gasteiger partial charge in [0.2, 0.25) is 0 Å². The molecule has 0 fully saturated rings. The molecule has 0 spiro atoms. The summed E-state index contributed by atoms with van der Waals surface area (Å²) in [5, 5.41) is 9.96. The van der Waals surface area contributed by atoms with E-state index in [9.17, 15) is 5.11 Å². The zero-order chi connectivity index (χ0) is 16.6. The molecule has 1 N–H and O–H groups in total. The molecule has 22 heavy (non-hydrogen) atoms. The summed E-state index contributed by atoms with van der Waals surface area (Å²) in [5.41, 5.74) is 0.961. The second-order valence-corrected chi connectivity index (χ2v) is 7.04. The van der Waals surface area contributed by atoms with Gasteiger partial charge in [0.15, 0.2) is 0 Å². The summed E-state index contributed by atoms with van der Waals surface area (Å²) in [7, 11) is 0. The SMILES string of the molecule is CC[C@H](O)C[C@H](OC(C)(C)C)[C@H](C)COCc1ccccc1. The molecule has 3 heteroatoms. The highest BCUT2D eigenvalue weighted by Crippen LogP contribution is 2.22. The largest absolute Gasteiger partial charge is 0.393 e. The van der Waals surface area contributed by atoms with E-state index in [-0.39, 0.29) is 23.7 Å². The highest BCUT2D eigenvalue weighted by molar-refractivity contribution is 5.13. The topological polar surface area (TPSA) is 38.7 Å². The van der Waals surface area contributed by atoms with Crippen molar-refractivity contribution in [2.75, 3.05) is 6.61 Å². The van der Waals surface area contributed by atoms with Crippen molar-refractivity contribution in [1.82, 2.24) is 0 Å². The first kappa shape index (κ1) is 19.1. The predicted molar refractivity (Wildman–Crippen MR) is 90.8 cm³/mol. The van der Waals surface area contributed by atoms with Crippen LogP contribution in [0.5, 0.6) is 0 Å². The Kier molecular flexibility index (Phi) is 8.08. The highest BCUT2D eigenvalue weighted by atomic mass is 16.5. The molecule has 1 aromatic rings. The molecule has 0 aliphatic carbocycles. The van der Waals surface area contributed by atoms with E-state index >= 15 is 0 Å². The van der Waals surface area contributed by atoms with Gasteiger partial charge in [-0.15, -0.1) is 0 Å². The van der Waals surface area contributed by atoms with Crippen LogP contribution in [0.2, 0.25) is 0 Å². The van der Waals surface area contributed by atoms with Gasteiger partial charge in [0, 0.05) is 5.92 Å². The van der Waals surface area contributed by atoms with Crippen LogP contribution in [0.3, 0.4) is 0 Å². The molecular formula is C19H32O3. The maximum atomic E-state index is 9.96. The summed E-state index contributed by atoms with van der Waals surface area (Å²) in [6.45, 7) is 11.5. The molecular weight excluding hydrogens is 276 g/mol. The molecule has 0 aliphatic heterocycles. The highest BCUT2D eigenvalue weighted by Gasteiger charge is 2.26. The molecule has 0 heterocycles. The molecule has 0 aliphatic rings. The van der Waals surface area contributed by atoms with Gasteiger partial charge in [-0.3, -0.25) is 0 Å². The van der Waals surface area contributed by atoms with Gasteiger partial charge in [0.25, 0.3) is 0 Å². The predicted octanol–water partition coefficient (Wildman–Crippen LogP) is 4.18. The molecule has 126 valence electrons. The first-order valence-corrected chi connectivity index (χ1v) is 8.29. The number of hydrogen-bond donors (Lipinski definition) is 1. The summed E-state index contributed by atoms with van der Waals surface area (Å²) in [5.74, 6) is 0.240. The maximum Gasteiger partial charge on any atom is 0.0717 e. The van der Waals surface area contributed by atoms with Gasteiger partial charge < -0.3 is 14.6 Å². The van der Waals surface area contributed by atoms with E-state index in [1.165, 1.54) is 5.56 Å². The number of aliphatic hydroxyl groups excluding tert-OH is 1. The molecule has 0 bridgehead atoms. The fraction of sp³-hybridized carbons (Fsp3) is 0.684. The average molecular weight is 308 g/mol. The molecule has 0 aromatic heterocycles. The lowest BCUT2D eigenvalue weighted by Gasteiger charge is -2.32. The lowest BCUT2D eigenvalue weighted by Crippen LogP contribution is -2.36. The Bertz CT molecular complexity index is 397. The lowest BCUT2D eigenvalue weighted by molar-refractivity contribution is -0.111. The van der Waals surface area contributed by atoms with Crippen molar-refractivity contribution in [1.29, 1.82) is 0 Å². The molecule has 0 radical (unpaired) electrons. The second-order valence-electron chi connectivity index (χ2n) is 7.04. The van der Waals surface area contributed by atoms with Crippen molar-refractivity contribution in [3.8, 4) is 0 Å². The van der Waals surface area contributed by atoms with Crippen molar-refractivity contribution >= 4 is 0 Å². The molecule has 3 atom stereocenters. The van der Waals surface area contributed by atoms with Crippen LogP contribution in [0.15, 0.2) is 30.3 Å². The van der Waals surface area contributed by atoms with Crippen LogP contribution in [0.25, 0.3) is 0 Å². The van der Waals surface area contributed by atoms with E-state index in [2.05, 4.69) is 39.8 Å². The van der Waals surface area contributed by atoms with Crippen LogP contribution in [0, 0.1) is 5.92 Å². The number of benzene rings is 1. The molecule has 1 aromatic carbocycles. The van der Waals surface area contributed by atoms with Gasteiger partial charge in [0.05, 0.1) is 31.0 Å². The van der Waals surface area contributed by atoms with Crippen molar-refractivity contribution in [3.05, 3.63) is 35.9 Å². The number of hydrogen-bond acceptors (Lipinski definition) is 3. The molecule has 0 amide bonds. The minimum Gasteiger partial charge on any atom is -0.393 e. The second kappa shape index (κ2) is 9.29. The number of aliphatic hydroxyl groups is 1. The van der Waals surface area contributed by atoms with Crippen LogP contribution >= 0.6 is 0 Å². The Labute approximate surface area is 135 Å². The van der Waals surface area contributed by atoms with E-state index in [1.54, 1.807) is 0 Å². The Morgan fingerprint density at radius 1 is 1.14 bits per heavy atom. The van der Waals surface area contributed by atoms with Gasteiger partial charge in [-0.25, -0.2) is 0 Å². The van der Waals surface area contributed by atoms with Crippen molar-refractivity contribution < 1.29 is 14.6 Å². The standard InChI is InChI=1S/C19H32O3/c1-6-17(20)12-18(22-19(3,4)5)15(2)13-21-14-16-10-8-7-9-11-16/h7-11,15,17-18,20H,6,12-14H2,1-5H3/t15-,17+,18+/m1/s1. The Hall–Kier alpha value is -0.900. The van der Waals surface area contributed by atoms with Crippen LogP contribution in [0.4, 0.5) is 0 Å². The van der Waals surface area contributed by atoms with Gasteiger partial charge in [0.1, 0.15) is 0 Å². The third-order valence-electron chi connectivity index (χ3n) is 3.61. The fourth-order valence-electron chi connectivity index (χ4n) is 2.33. The lowest BCUT2D eigenvalue weighted by atomic mass is 9.97. The molecule has 0 saturated heterocycles. The Morgan fingerprint density at radius 3 is 2.32 bits per heavy atom. The fourth-order valence-corrected chi connectivity index (χ4v) is 2.33. The summed E-state index contributed by atoms with van der Waals surface area (Å²) in [6.07, 6.45) is 1.10. The zero-order valence-electron chi connectivity index (χ0n) is 14.7. The third-order valence-corrected chi connectivity index (χ3v) is 3.61. The summed E-state index contributed by atoms with van der Waals surface area (Å²) in [4.78, 5) is 0. The van der Waals surface area contributed by atoms with E-state index < -0.39 is 0 Å². The maximum absolute atomic E-state index is 9.96. The van der Waals surface area contributed by atoms with E-state index in [0.717, 1.165) is 6.42 Å². The van der Waals surface area contributed by atoms with Gasteiger partial charge in [-0.2, -0.15) is 0 Å². The first-order chi connectivity index (χ1) is 10.3. The Balaban J connectivity index is 2.49. The monoisotopic (exact) mass is 308 g/mol. The minimum atomic E-state index is -0.316. The normalized spacial score (nSPS) is 16.3. The van der Waals surface area contributed by atoms with Crippen LogP contribution < -0.4 is 0 Å². The quantitative estimate of drug-likeness (QED) is 0.743. The van der Waals surface area contributed by atoms with Crippen LogP contribution in [0.1, 0.15) is 53.0 Å². The summed E-state index contributed by atoms with van der Waals surface area (Å²) >= 11 is 0. The first-order valence-electron chi connectivity index (χ1n) is 8.29. The van der Waals surface area contributed by atoms with Crippen LogP contribution in [-0.2, 0) is 16.1 Å². The van der Waals surface area contributed by atoms with Crippen molar-refractivity contribution in [2.24, 2.45) is 5.92 Å². The smallest absolute Gasteiger partial charge is 0.0717 e. The molecule has 0 unspecified atom stereocenters. The van der Waals surface area contributed by atoms with Crippen molar-refractivity contribution in [2.45, 2.75) is 71.9 Å². The molecule has 0 saturated carbocycles. The molecule has 3 nitrogen and oxygen atoms in total. The minimum absolute atomic E-state index is 0.00530. The summed E-state index contributed by atoms with van der Waals surface area (Å²) < 4.78 is 12.0.